The van der Waals surface area contributed by atoms with Crippen LogP contribution in [0, 0.1) is 0 Å². The highest BCUT2D eigenvalue weighted by Gasteiger charge is 2.36. The predicted molar refractivity (Wildman–Crippen MR) is 175 cm³/mol. The maximum absolute atomic E-state index is 13.6. The molecule has 0 aromatic heterocycles. The summed E-state index contributed by atoms with van der Waals surface area (Å²) in [5.41, 5.74) is 2.54. The van der Waals surface area contributed by atoms with E-state index in [-0.39, 0.29) is 13.2 Å². The molecule has 5 atom stereocenters. The first-order valence-corrected chi connectivity index (χ1v) is 15.4. The lowest BCUT2D eigenvalue weighted by Gasteiger charge is -2.29. The van der Waals surface area contributed by atoms with Crippen LogP contribution in [0.5, 0.6) is 0 Å². The van der Waals surface area contributed by atoms with Gasteiger partial charge in [-0.2, -0.15) is 0 Å². The molecule has 10 nitrogen and oxygen atoms in total. The Bertz CT molecular complexity index is 1530. The van der Waals surface area contributed by atoms with Gasteiger partial charge < -0.3 is 33.2 Å². The zero-order valence-electron chi connectivity index (χ0n) is 27.1. The Morgan fingerprint density at radius 3 is 1.23 bits per heavy atom. The van der Waals surface area contributed by atoms with Crippen molar-refractivity contribution in [1.29, 1.82) is 0 Å². The van der Waals surface area contributed by atoms with E-state index in [1.807, 2.05) is 42.5 Å². The molecular weight excluding hydrogens is 616 g/mol. The summed E-state index contributed by atoms with van der Waals surface area (Å²) in [5.74, 6) is -2.27. The molecule has 0 aliphatic rings. The first-order chi connectivity index (χ1) is 23.4. The van der Waals surface area contributed by atoms with Crippen molar-refractivity contribution in [2.75, 3.05) is 34.5 Å². The van der Waals surface area contributed by atoms with Crippen molar-refractivity contribution in [3.63, 3.8) is 0 Å². The molecule has 0 spiro atoms. The Balaban J connectivity index is 1.62. The Hall–Kier alpha value is -4.87. The molecule has 10 heteroatoms. The van der Waals surface area contributed by atoms with Crippen molar-refractivity contribution >= 4 is 17.9 Å². The number of carbonyl (C=O) groups is 3. The monoisotopic (exact) mass is 656 g/mol. The third-order valence-electron chi connectivity index (χ3n) is 7.39. The maximum Gasteiger partial charge on any atom is 0.340 e. The second kappa shape index (κ2) is 19.1. The number of benzene rings is 4. The Kier molecular flexibility index (Phi) is 14.3. The summed E-state index contributed by atoms with van der Waals surface area (Å²) < 4.78 is 39.9. The summed E-state index contributed by atoms with van der Waals surface area (Å²) in [4.78, 5) is 40.5. The molecule has 0 radical (unpaired) electrons. The number of methoxy groups -OCH3 is 3. The number of rotatable bonds is 18. The Labute approximate surface area is 280 Å². The third kappa shape index (κ3) is 10.3. The van der Waals surface area contributed by atoms with Gasteiger partial charge in [0.1, 0.15) is 6.61 Å². The third-order valence-corrected chi connectivity index (χ3v) is 7.39. The highest BCUT2D eigenvalue weighted by molar-refractivity contribution is 5.78. The summed E-state index contributed by atoms with van der Waals surface area (Å²) in [5, 5.41) is 0. The van der Waals surface area contributed by atoms with Crippen molar-refractivity contribution in [3.8, 4) is 0 Å². The fraction of sp³-hybridized carbons (Fsp3) is 0.289. The van der Waals surface area contributed by atoms with Crippen LogP contribution in [0.15, 0.2) is 121 Å². The molecule has 48 heavy (non-hydrogen) atoms. The van der Waals surface area contributed by atoms with E-state index in [9.17, 15) is 14.4 Å². The molecule has 0 amide bonds. The van der Waals surface area contributed by atoms with E-state index in [0.29, 0.717) is 16.7 Å². The quantitative estimate of drug-likeness (QED) is 0.0971. The minimum atomic E-state index is -1.32. The van der Waals surface area contributed by atoms with Crippen molar-refractivity contribution in [3.05, 3.63) is 144 Å². The molecule has 4 aromatic rings. The SMILES string of the molecule is CO[C@H](C(=O)OC[C@@H](OC(=O)[C@@H](OC)c1ccccc1)[C@@H](COCc1ccccc1)OC(=O)[C@@H](OC)c1ccccc1)c1ccccc1. The summed E-state index contributed by atoms with van der Waals surface area (Å²) in [6, 6.07) is 35.8. The average Bonchev–Trinajstić information content (AvgIpc) is 3.12. The van der Waals surface area contributed by atoms with Crippen LogP contribution in [0.4, 0.5) is 0 Å². The molecule has 0 N–H and O–H groups in total. The number of ether oxygens (including phenoxy) is 7. The molecule has 252 valence electrons. The van der Waals surface area contributed by atoms with E-state index in [4.69, 9.17) is 33.2 Å². The number of carbonyl (C=O) groups excluding carboxylic acids is 3. The van der Waals surface area contributed by atoms with Gasteiger partial charge in [-0.05, 0) is 22.3 Å². The summed E-state index contributed by atoms with van der Waals surface area (Å²) in [6.45, 7) is -0.527. The van der Waals surface area contributed by atoms with Gasteiger partial charge in [-0.25, -0.2) is 14.4 Å². The summed E-state index contributed by atoms with van der Waals surface area (Å²) in [7, 11) is 4.15. The smallest absolute Gasteiger partial charge is 0.340 e. The van der Waals surface area contributed by atoms with Gasteiger partial charge in [0.15, 0.2) is 30.5 Å². The lowest BCUT2D eigenvalue weighted by Crippen LogP contribution is -2.44. The molecule has 0 fully saturated rings. The zero-order valence-corrected chi connectivity index (χ0v) is 27.1. The van der Waals surface area contributed by atoms with E-state index in [1.165, 1.54) is 21.3 Å². The normalized spacial score (nSPS) is 14.1. The number of esters is 3. The van der Waals surface area contributed by atoms with Crippen molar-refractivity contribution in [1.82, 2.24) is 0 Å². The van der Waals surface area contributed by atoms with Crippen LogP contribution in [0.1, 0.15) is 40.6 Å². The highest BCUT2D eigenvalue weighted by Crippen LogP contribution is 2.24. The van der Waals surface area contributed by atoms with Crippen molar-refractivity contribution in [2.24, 2.45) is 0 Å². The second-order valence-electron chi connectivity index (χ2n) is 10.7. The first kappa shape index (κ1) is 36.0. The Morgan fingerprint density at radius 1 is 0.479 bits per heavy atom. The van der Waals surface area contributed by atoms with Crippen LogP contribution in [0.2, 0.25) is 0 Å². The van der Waals surface area contributed by atoms with Gasteiger partial charge in [0.05, 0.1) is 13.2 Å². The number of hydrogen-bond donors (Lipinski definition) is 0. The summed E-state index contributed by atoms with van der Waals surface area (Å²) in [6.07, 6.45) is -5.80. The standard InChI is InChI=1S/C38H40O10/c1-42-33(28-18-10-5-11-19-28)36(39)46-26-32(48-38(41)35(44-3)30-22-14-7-15-23-30)31(25-45-24-27-16-8-4-9-17-27)47-37(40)34(43-2)29-20-12-6-13-21-29/h4-23,31-35H,24-26H2,1-3H3/t31-,32-,33+,34+,35+/m1/s1. The predicted octanol–water partition coefficient (Wildman–Crippen LogP) is 5.73. The molecular formula is C38H40O10. The second-order valence-corrected chi connectivity index (χ2v) is 10.7. The van der Waals surface area contributed by atoms with E-state index in [2.05, 4.69) is 0 Å². The fourth-order valence-corrected chi connectivity index (χ4v) is 4.95. The molecule has 0 aliphatic heterocycles. The van der Waals surface area contributed by atoms with Gasteiger partial charge >= 0.3 is 17.9 Å². The first-order valence-electron chi connectivity index (χ1n) is 15.4. The van der Waals surface area contributed by atoms with Crippen LogP contribution in [0.25, 0.3) is 0 Å². The lowest BCUT2D eigenvalue weighted by molar-refractivity contribution is -0.193. The van der Waals surface area contributed by atoms with Crippen LogP contribution in [-0.4, -0.2) is 64.7 Å². The molecule has 4 rings (SSSR count). The molecule has 0 heterocycles. The zero-order chi connectivity index (χ0) is 34.1. The van der Waals surface area contributed by atoms with Crippen molar-refractivity contribution in [2.45, 2.75) is 37.1 Å². The van der Waals surface area contributed by atoms with Gasteiger partial charge in [0.25, 0.3) is 0 Å². The van der Waals surface area contributed by atoms with E-state index in [0.717, 1.165) is 5.56 Å². The topological polar surface area (TPSA) is 116 Å². The van der Waals surface area contributed by atoms with Crippen LogP contribution < -0.4 is 0 Å². The average molecular weight is 657 g/mol. The van der Waals surface area contributed by atoms with Gasteiger partial charge in [-0.1, -0.05) is 121 Å². The number of hydrogen-bond acceptors (Lipinski definition) is 10. The highest BCUT2D eigenvalue weighted by atomic mass is 16.6. The van der Waals surface area contributed by atoms with Gasteiger partial charge in [-0.3, -0.25) is 0 Å². The van der Waals surface area contributed by atoms with Crippen molar-refractivity contribution < 1.29 is 47.5 Å². The van der Waals surface area contributed by atoms with Crippen LogP contribution in [-0.2, 0) is 54.1 Å². The van der Waals surface area contributed by atoms with Crippen LogP contribution in [0.3, 0.4) is 0 Å². The lowest BCUT2D eigenvalue weighted by atomic mass is 10.1. The molecule has 0 saturated heterocycles. The largest absolute Gasteiger partial charge is 0.459 e. The molecule has 0 saturated carbocycles. The van der Waals surface area contributed by atoms with E-state index >= 15 is 0 Å². The molecule has 0 unspecified atom stereocenters. The van der Waals surface area contributed by atoms with E-state index in [1.54, 1.807) is 78.9 Å². The molecule has 0 aliphatic carbocycles. The fourth-order valence-electron chi connectivity index (χ4n) is 4.95. The van der Waals surface area contributed by atoms with E-state index < -0.39 is 55.0 Å². The van der Waals surface area contributed by atoms with Gasteiger partial charge in [0, 0.05) is 21.3 Å². The minimum Gasteiger partial charge on any atom is -0.459 e. The maximum atomic E-state index is 13.6. The molecule has 0 bridgehead atoms. The minimum absolute atomic E-state index is 0.173. The van der Waals surface area contributed by atoms with Gasteiger partial charge in [0.2, 0.25) is 0 Å². The van der Waals surface area contributed by atoms with Crippen LogP contribution >= 0.6 is 0 Å². The molecule has 4 aromatic carbocycles. The summed E-state index contributed by atoms with van der Waals surface area (Å²) >= 11 is 0. The Morgan fingerprint density at radius 2 is 0.833 bits per heavy atom. The van der Waals surface area contributed by atoms with Gasteiger partial charge in [-0.15, -0.1) is 0 Å².